The summed E-state index contributed by atoms with van der Waals surface area (Å²) in [4.78, 5) is 26.1. The molecule has 0 aliphatic rings. The predicted molar refractivity (Wildman–Crippen MR) is 77.9 cm³/mol. The van der Waals surface area contributed by atoms with Gasteiger partial charge in [-0.3, -0.25) is 14.3 Å². The number of H-pyrrole nitrogens is 1. The van der Waals surface area contributed by atoms with Crippen LogP contribution in [-0.2, 0) is 0 Å². The van der Waals surface area contributed by atoms with Crippen molar-refractivity contribution in [3.63, 3.8) is 0 Å². The summed E-state index contributed by atoms with van der Waals surface area (Å²) in [6, 6.07) is 5.00. The first kappa shape index (κ1) is 15.0. The number of hydrogen-bond donors (Lipinski definition) is 2. The van der Waals surface area contributed by atoms with Crippen molar-refractivity contribution in [3.8, 4) is 17.0 Å². The van der Waals surface area contributed by atoms with Crippen LogP contribution in [0, 0.1) is 11.7 Å². The van der Waals surface area contributed by atoms with Crippen molar-refractivity contribution in [2.45, 2.75) is 26.8 Å². The highest BCUT2D eigenvalue weighted by Gasteiger charge is 2.21. The van der Waals surface area contributed by atoms with Crippen LogP contribution in [0.4, 0.5) is 4.39 Å². The zero-order valence-corrected chi connectivity index (χ0v) is 12.1. The SMILES string of the molecule is CC(C)C(C)n1c(O)c(-c2cccc(F)c2)c(=O)[nH]c1=O. The highest BCUT2D eigenvalue weighted by Crippen LogP contribution is 2.28. The molecule has 0 amide bonds. The molecule has 0 radical (unpaired) electrons. The van der Waals surface area contributed by atoms with E-state index in [4.69, 9.17) is 0 Å². The molecule has 1 aromatic heterocycles. The standard InChI is InChI=1S/C15H17FN2O3/c1-8(2)9(3)18-14(20)12(13(19)17-15(18)21)10-5-4-6-11(16)7-10/h4-9,20H,1-3H3,(H,17,19,21). The van der Waals surface area contributed by atoms with Crippen molar-refractivity contribution in [2.24, 2.45) is 5.92 Å². The molecule has 1 aromatic carbocycles. The molecule has 0 aliphatic heterocycles. The number of nitrogens with zero attached hydrogens (tertiary/aromatic N) is 1. The second-order valence-electron chi connectivity index (χ2n) is 5.32. The summed E-state index contributed by atoms with van der Waals surface area (Å²) in [5.41, 5.74) is -1.31. The Labute approximate surface area is 120 Å². The monoisotopic (exact) mass is 292 g/mol. The minimum Gasteiger partial charge on any atom is -0.494 e. The van der Waals surface area contributed by atoms with Crippen molar-refractivity contribution in [3.05, 3.63) is 50.9 Å². The molecule has 0 fully saturated rings. The lowest BCUT2D eigenvalue weighted by atomic mass is 10.0. The Hall–Kier alpha value is -2.37. The van der Waals surface area contributed by atoms with Gasteiger partial charge in [0.2, 0.25) is 5.88 Å². The Morgan fingerprint density at radius 1 is 1.24 bits per heavy atom. The van der Waals surface area contributed by atoms with Crippen molar-refractivity contribution in [1.82, 2.24) is 9.55 Å². The van der Waals surface area contributed by atoms with E-state index in [0.29, 0.717) is 0 Å². The number of aromatic hydroxyl groups is 1. The van der Waals surface area contributed by atoms with E-state index in [-0.39, 0.29) is 23.1 Å². The number of aromatic amines is 1. The summed E-state index contributed by atoms with van der Waals surface area (Å²) >= 11 is 0. The first-order valence-electron chi connectivity index (χ1n) is 6.66. The van der Waals surface area contributed by atoms with Gasteiger partial charge in [0.25, 0.3) is 5.56 Å². The molecule has 2 rings (SSSR count). The van der Waals surface area contributed by atoms with Crippen molar-refractivity contribution in [2.75, 3.05) is 0 Å². The molecule has 0 saturated heterocycles. The van der Waals surface area contributed by atoms with Gasteiger partial charge in [0, 0.05) is 6.04 Å². The molecule has 112 valence electrons. The molecular formula is C15H17FN2O3. The van der Waals surface area contributed by atoms with Crippen LogP contribution in [0.1, 0.15) is 26.8 Å². The molecule has 6 heteroatoms. The highest BCUT2D eigenvalue weighted by atomic mass is 19.1. The summed E-state index contributed by atoms with van der Waals surface area (Å²) < 4.78 is 14.4. The lowest BCUT2D eigenvalue weighted by Gasteiger charge is -2.21. The van der Waals surface area contributed by atoms with Crippen LogP contribution < -0.4 is 11.2 Å². The number of halogens is 1. The number of rotatable bonds is 3. The average Bonchev–Trinajstić information content (AvgIpc) is 2.37. The maximum absolute atomic E-state index is 13.3. The van der Waals surface area contributed by atoms with Crippen molar-refractivity contribution < 1.29 is 9.50 Å². The van der Waals surface area contributed by atoms with E-state index in [1.807, 2.05) is 13.8 Å². The Bertz CT molecular complexity index is 777. The third kappa shape index (κ3) is 2.74. The maximum Gasteiger partial charge on any atom is 0.331 e. The first-order chi connectivity index (χ1) is 9.82. The largest absolute Gasteiger partial charge is 0.494 e. The number of benzene rings is 1. The summed E-state index contributed by atoms with van der Waals surface area (Å²) in [6.45, 7) is 5.55. The van der Waals surface area contributed by atoms with Gasteiger partial charge < -0.3 is 5.11 Å². The van der Waals surface area contributed by atoms with Gasteiger partial charge in [-0.25, -0.2) is 9.18 Å². The average molecular weight is 292 g/mol. The van der Waals surface area contributed by atoms with E-state index < -0.39 is 22.9 Å². The Morgan fingerprint density at radius 3 is 2.48 bits per heavy atom. The van der Waals surface area contributed by atoms with Crippen LogP contribution in [0.5, 0.6) is 5.88 Å². The molecule has 1 atom stereocenters. The van der Waals surface area contributed by atoms with E-state index in [1.165, 1.54) is 18.2 Å². The van der Waals surface area contributed by atoms with E-state index in [2.05, 4.69) is 4.98 Å². The quantitative estimate of drug-likeness (QED) is 0.911. The molecule has 1 heterocycles. The maximum atomic E-state index is 13.3. The Balaban J connectivity index is 2.77. The van der Waals surface area contributed by atoms with Gasteiger partial charge in [0.05, 0.1) is 0 Å². The van der Waals surface area contributed by atoms with Gasteiger partial charge in [0.15, 0.2) is 0 Å². The lowest BCUT2D eigenvalue weighted by Crippen LogP contribution is -2.34. The van der Waals surface area contributed by atoms with Crippen LogP contribution in [0.3, 0.4) is 0 Å². The molecule has 21 heavy (non-hydrogen) atoms. The Morgan fingerprint density at radius 2 is 1.90 bits per heavy atom. The summed E-state index contributed by atoms with van der Waals surface area (Å²) in [7, 11) is 0. The fraction of sp³-hybridized carbons (Fsp3) is 0.333. The highest BCUT2D eigenvalue weighted by molar-refractivity contribution is 5.67. The van der Waals surface area contributed by atoms with Crippen LogP contribution in [-0.4, -0.2) is 14.7 Å². The lowest BCUT2D eigenvalue weighted by molar-refractivity contribution is 0.326. The topological polar surface area (TPSA) is 75.1 Å². The zero-order chi connectivity index (χ0) is 15.7. The first-order valence-corrected chi connectivity index (χ1v) is 6.66. The molecule has 0 spiro atoms. The zero-order valence-electron chi connectivity index (χ0n) is 12.1. The van der Waals surface area contributed by atoms with E-state index in [0.717, 1.165) is 10.6 Å². The minimum atomic E-state index is -0.740. The fourth-order valence-corrected chi connectivity index (χ4v) is 2.12. The second kappa shape index (κ2) is 5.55. The third-order valence-electron chi connectivity index (χ3n) is 3.60. The molecule has 0 bridgehead atoms. The molecular weight excluding hydrogens is 275 g/mol. The van der Waals surface area contributed by atoms with Gasteiger partial charge in [-0.15, -0.1) is 0 Å². The Kier molecular flexibility index (Phi) is 3.97. The van der Waals surface area contributed by atoms with Gasteiger partial charge >= 0.3 is 5.69 Å². The van der Waals surface area contributed by atoms with Crippen LogP contribution >= 0.6 is 0 Å². The summed E-state index contributed by atoms with van der Waals surface area (Å²) in [6.07, 6.45) is 0. The van der Waals surface area contributed by atoms with E-state index in [9.17, 15) is 19.1 Å². The molecule has 5 nitrogen and oxygen atoms in total. The van der Waals surface area contributed by atoms with E-state index >= 15 is 0 Å². The molecule has 0 saturated carbocycles. The van der Waals surface area contributed by atoms with Crippen molar-refractivity contribution >= 4 is 0 Å². The van der Waals surface area contributed by atoms with Crippen molar-refractivity contribution in [1.29, 1.82) is 0 Å². The number of aromatic nitrogens is 2. The summed E-state index contributed by atoms with van der Waals surface area (Å²) in [5.74, 6) is -0.906. The normalized spacial score (nSPS) is 12.6. The van der Waals surface area contributed by atoms with Crippen LogP contribution in [0.2, 0.25) is 0 Å². The van der Waals surface area contributed by atoms with Gasteiger partial charge in [-0.1, -0.05) is 26.0 Å². The predicted octanol–water partition coefficient (Wildman–Crippen LogP) is 2.27. The fourth-order valence-electron chi connectivity index (χ4n) is 2.12. The smallest absolute Gasteiger partial charge is 0.331 e. The van der Waals surface area contributed by atoms with Gasteiger partial charge in [-0.05, 0) is 30.5 Å². The van der Waals surface area contributed by atoms with Crippen LogP contribution in [0.15, 0.2) is 33.9 Å². The van der Waals surface area contributed by atoms with Gasteiger partial charge in [-0.2, -0.15) is 0 Å². The third-order valence-corrected chi connectivity index (χ3v) is 3.60. The van der Waals surface area contributed by atoms with Crippen LogP contribution in [0.25, 0.3) is 11.1 Å². The number of nitrogens with one attached hydrogen (secondary N) is 1. The van der Waals surface area contributed by atoms with Gasteiger partial charge in [0.1, 0.15) is 11.4 Å². The van der Waals surface area contributed by atoms with E-state index in [1.54, 1.807) is 6.92 Å². The molecule has 0 aliphatic carbocycles. The second-order valence-corrected chi connectivity index (χ2v) is 5.32. The number of hydrogen-bond acceptors (Lipinski definition) is 3. The molecule has 1 unspecified atom stereocenters. The molecule has 2 aromatic rings. The summed E-state index contributed by atoms with van der Waals surface area (Å²) in [5, 5.41) is 10.3. The molecule has 2 N–H and O–H groups in total. The minimum absolute atomic E-state index is 0.0693.